The highest BCUT2D eigenvalue weighted by Crippen LogP contribution is 2.22. The van der Waals surface area contributed by atoms with Crippen LogP contribution in [0, 0.1) is 5.92 Å². The van der Waals surface area contributed by atoms with Gasteiger partial charge < -0.3 is 4.74 Å². The van der Waals surface area contributed by atoms with Crippen LogP contribution >= 0.6 is 0 Å². The van der Waals surface area contributed by atoms with E-state index in [-0.39, 0.29) is 11.7 Å². The van der Waals surface area contributed by atoms with Gasteiger partial charge in [0, 0.05) is 6.61 Å². The lowest BCUT2D eigenvalue weighted by Crippen LogP contribution is -2.42. The smallest absolute Gasteiger partial charge is 0.161 e. The lowest BCUT2D eigenvalue weighted by molar-refractivity contribution is -0.146. The SMILES string of the molecule is CCCOC(C)(C(C)=O)C(C)C. The molecule has 0 saturated heterocycles. The van der Waals surface area contributed by atoms with E-state index in [9.17, 15) is 4.79 Å². The van der Waals surface area contributed by atoms with Gasteiger partial charge in [-0.2, -0.15) is 0 Å². The third kappa shape index (κ3) is 2.59. The van der Waals surface area contributed by atoms with E-state index in [4.69, 9.17) is 4.74 Å². The van der Waals surface area contributed by atoms with Crippen LogP contribution in [0.2, 0.25) is 0 Å². The number of rotatable bonds is 5. The Hall–Kier alpha value is -0.370. The Kier molecular flexibility index (Phi) is 4.46. The summed E-state index contributed by atoms with van der Waals surface area (Å²) in [7, 11) is 0. The fourth-order valence-corrected chi connectivity index (χ4v) is 0.989. The van der Waals surface area contributed by atoms with E-state index in [1.165, 1.54) is 0 Å². The normalized spacial score (nSPS) is 16.2. The van der Waals surface area contributed by atoms with Crippen LogP contribution in [-0.4, -0.2) is 18.0 Å². The van der Waals surface area contributed by atoms with Crippen LogP contribution in [0.3, 0.4) is 0 Å². The maximum Gasteiger partial charge on any atom is 0.161 e. The minimum Gasteiger partial charge on any atom is -0.367 e. The second-order valence-corrected chi connectivity index (χ2v) is 3.67. The third-order valence-corrected chi connectivity index (χ3v) is 2.41. The van der Waals surface area contributed by atoms with E-state index in [1.807, 2.05) is 27.7 Å². The summed E-state index contributed by atoms with van der Waals surface area (Å²) in [5, 5.41) is 0. The molecule has 2 nitrogen and oxygen atoms in total. The van der Waals surface area contributed by atoms with Gasteiger partial charge in [0.1, 0.15) is 5.60 Å². The molecule has 0 saturated carbocycles. The monoisotopic (exact) mass is 172 g/mol. The second kappa shape index (κ2) is 4.61. The Morgan fingerprint density at radius 2 is 2.00 bits per heavy atom. The molecule has 12 heavy (non-hydrogen) atoms. The minimum atomic E-state index is -0.587. The molecule has 0 spiro atoms. The molecule has 0 aliphatic carbocycles. The predicted octanol–water partition coefficient (Wildman–Crippen LogP) is 2.42. The summed E-state index contributed by atoms with van der Waals surface area (Å²) in [6, 6.07) is 0. The van der Waals surface area contributed by atoms with Crippen LogP contribution in [-0.2, 0) is 9.53 Å². The molecule has 72 valence electrons. The average Bonchev–Trinajstić information content (AvgIpc) is 1.99. The van der Waals surface area contributed by atoms with Crippen LogP contribution in [0.15, 0.2) is 0 Å². The van der Waals surface area contributed by atoms with Gasteiger partial charge in [0.25, 0.3) is 0 Å². The average molecular weight is 172 g/mol. The van der Waals surface area contributed by atoms with E-state index < -0.39 is 5.60 Å². The van der Waals surface area contributed by atoms with Crippen LogP contribution in [0.4, 0.5) is 0 Å². The molecule has 0 aliphatic heterocycles. The number of carbonyl (C=O) groups is 1. The highest BCUT2D eigenvalue weighted by atomic mass is 16.5. The Morgan fingerprint density at radius 1 is 1.50 bits per heavy atom. The van der Waals surface area contributed by atoms with Crippen LogP contribution in [0.5, 0.6) is 0 Å². The first-order valence-electron chi connectivity index (χ1n) is 4.60. The van der Waals surface area contributed by atoms with Crippen LogP contribution < -0.4 is 0 Å². The largest absolute Gasteiger partial charge is 0.367 e. The highest BCUT2D eigenvalue weighted by molar-refractivity contribution is 5.84. The molecule has 0 aromatic rings. The highest BCUT2D eigenvalue weighted by Gasteiger charge is 2.33. The Balaban J connectivity index is 4.29. The molecule has 0 aromatic heterocycles. The van der Waals surface area contributed by atoms with E-state index in [0.717, 1.165) is 6.42 Å². The van der Waals surface area contributed by atoms with Crippen molar-refractivity contribution in [2.45, 2.75) is 46.6 Å². The number of Topliss-reactive ketones (excluding diaryl/α,β-unsaturated/α-hetero) is 1. The molecule has 0 radical (unpaired) electrons. The molecule has 0 amide bonds. The molecular weight excluding hydrogens is 152 g/mol. The fraction of sp³-hybridized carbons (Fsp3) is 0.900. The number of hydrogen-bond donors (Lipinski definition) is 0. The van der Waals surface area contributed by atoms with E-state index in [1.54, 1.807) is 6.92 Å². The molecule has 1 atom stereocenters. The fourth-order valence-electron chi connectivity index (χ4n) is 0.989. The summed E-state index contributed by atoms with van der Waals surface area (Å²) in [6.45, 7) is 10.2. The maximum atomic E-state index is 11.3. The van der Waals surface area contributed by atoms with Gasteiger partial charge in [0.15, 0.2) is 5.78 Å². The van der Waals surface area contributed by atoms with Crippen molar-refractivity contribution in [1.29, 1.82) is 0 Å². The molecule has 0 aliphatic rings. The molecule has 0 fully saturated rings. The number of hydrogen-bond acceptors (Lipinski definition) is 2. The third-order valence-electron chi connectivity index (χ3n) is 2.41. The van der Waals surface area contributed by atoms with Gasteiger partial charge >= 0.3 is 0 Å². The summed E-state index contributed by atoms with van der Waals surface area (Å²) in [4.78, 5) is 11.3. The maximum absolute atomic E-state index is 11.3. The van der Waals surface area contributed by atoms with Gasteiger partial charge in [0.2, 0.25) is 0 Å². The zero-order chi connectivity index (χ0) is 9.78. The standard InChI is InChI=1S/C10H20O2/c1-6-7-12-10(5,8(2)3)9(4)11/h8H,6-7H2,1-5H3. The Morgan fingerprint density at radius 3 is 2.25 bits per heavy atom. The zero-order valence-electron chi connectivity index (χ0n) is 8.81. The number of ether oxygens (including phenoxy) is 1. The van der Waals surface area contributed by atoms with Gasteiger partial charge in [0.05, 0.1) is 0 Å². The molecule has 2 heteroatoms. The van der Waals surface area contributed by atoms with Crippen molar-refractivity contribution in [2.75, 3.05) is 6.61 Å². The van der Waals surface area contributed by atoms with E-state index in [2.05, 4.69) is 0 Å². The number of ketones is 1. The van der Waals surface area contributed by atoms with Crippen molar-refractivity contribution in [3.8, 4) is 0 Å². The van der Waals surface area contributed by atoms with Crippen molar-refractivity contribution in [2.24, 2.45) is 5.92 Å². The molecule has 0 aromatic carbocycles. The van der Waals surface area contributed by atoms with Crippen molar-refractivity contribution in [3.63, 3.8) is 0 Å². The van der Waals surface area contributed by atoms with Crippen molar-refractivity contribution in [3.05, 3.63) is 0 Å². The topological polar surface area (TPSA) is 26.3 Å². The molecule has 0 heterocycles. The predicted molar refractivity (Wildman–Crippen MR) is 50.2 cm³/mol. The molecule has 0 bridgehead atoms. The van der Waals surface area contributed by atoms with E-state index >= 15 is 0 Å². The first-order chi connectivity index (χ1) is 5.45. The first kappa shape index (κ1) is 11.6. The Bertz CT molecular complexity index is 152. The Labute approximate surface area is 75.3 Å². The van der Waals surface area contributed by atoms with Gasteiger partial charge in [-0.3, -0.25) is 4.79 Å². The summed E-state index contributed by atoms with van der Waals surface area (Å²) in [5.74, 6) is 0.354. The molecular formula is C10H20O2. The van der Waals surface area contributed by atoms with Crippen LogP contribution in [0.1, 0.15) is 41.0 Å². The van der Waals surface area contributed by atoms with Crippen molar-refractivity contribution >= 4 is 5.78 Å². The van der Waals surface area contributed by atoms with E-state index in [0.29, 0.717) is 6.61 Å². The van der Waals surface area contributed by atoms with Gasteiger partial charge in [-0.25, -0.2) is 0 Å². The molecule has 0 N–H and O–H groups in total. The summed E-state index contributed by atoms with van der Waals surface area (Å²) < 4.78 is 5.55. The van der Waals surface area contributed by atoms with Crippen molar-refractivity contribution < 1.29 is 9.53 Å². The lowest BCUT2D eigenvalue weighted by atomic mass is 9.88. The summed E-state index contributed by atoms with van der Waals surface area (Å²) in [5.41, 5.74) is -0.587. The summed E-state index contributed by atoms with van der Waals surface area (Å²) in [6.07, 6.45) is 0.954. The van der Waals surface area contributed by atoms with Crippen molar-refractivity contribution in [1.82, 2.24) is 0 Å². The van der Waals surface area contributed by atoms with Gasteiger partial charge in [-0.15, -0.1) is 0 Å². The first-order valence-corrected chi connectivity index (χ1v) is 4.60. The minimum absolute atomic E-state index is 0.117. The zero-order valence-corrected chi connectivity index (χ0v) is 8.81. The van der Waals surface area contributed by atoms with Crippen LogP contribution in [0.25, 0.3) is 0 Å². The van der Waals surface area contributed by atoms with Gasteiger partial charge in [-0.1, -0.05) is 20.8 Å². The van der Waals surface area contributed by atoms with Gasteiger partial charge in [-0.05, 0) is 26.2 Å². The number of carbonyl (C=O) groups excluding carboxylic acids is 1. The summed E-state index contributed by atoms with van der Waals surface area (Å²) >= 11 is 0. The lowest BCUT2D eigenvalue weighted by Gasteiger charge is -2.31. The molecule has 1 unspecified atom stereocenters. The second-order valence-electron chi connectivity index (χ2n) is 3.67. The quantitative estimate of drug-likeness (QED) is 0.636. The molecule has 0 rings (SSSR count).